The Labute approximate surface area is 173 Å². The first kappa shape index (κ1) is 18.3. The van der Waals surface area contributed by atoms with Gasteiger partial charge >= 0.3 is 0 Å². The lowest BCUT2D eigenvalue weighted by Gasteiger charge is -2.20. The molecule has 1 amide bonds. The van der Waals surface area contributed by atoms with E-state index in [0.29, 0.717) is 11.4 Å². The second-order valence-electron chi connectivity index (χ2n) is 6.64. The topological polar surface area (TPSA) is 96.5 Å². The van der Waals surface area contributed by atoms with Gasteiger partial charge in [-0.05, 0) is 18.2 Å². The summed E-state index contributed by atoms with van der Waals surface area (Å²) in [5, 5.41) is 9.92. The lowest BCUT2D eigenvalue weighted by atomic mass is 10.2. The first-order chi connectivity index (χ1) is 14.6. The molecule has 0 atom stereocenters. The third kappa shape index (κ3) is 3.16. The van der Waals surface area contributed by atoms with E-state index < -0.39 is 5.82 Å². The summed E-state index contributed by atoms with van der Waals surface area (Å²) >= 11 is 5.94. The average Bonchev–Trinajstić information content (AvgIpc) is 3.49. The van der Waals surface area contributed by atoms with E-state index in [0.717, 1.165) is 5.65 Å². The zero-order chi connectivity index (χ0) is 20.7. The van der Waals surface area contributed by atoms with Gasteiger partial charge in [-0.3, -0.25) is 9.89 Å². The Hall–Kier alpha value is -3.79. The van der Waals surface area contributed by atoms with Gasteiger partial charge in [0, 0.05) is 18.6 Å². The minimum absolute atomic E-state index is 0.0148. The molecule has 150 valence electrons. The van der Waals surface area contributed by atoms with Gasteiger partial charge in [-0.2, -0.15) is 0 Å². The van der Waals surface area contributed by atoms with Crippen molar-refractivity contribution in [3.63, 3.8) is 0 Å². The summed E-state index contributed by atoms with van der Waals surface area (Å²) in [6, 6.07) is 7.09. The van der Waals surface area contributed by atoms with Crippen LogP contribution in [0.2, 0.25) is 5.02 Å². The van der Waals surface area contributed by atoms with E-state index in [1.807, 2.05) is 35.0 Å². The normalized spacial score (nSPS) is 11.4. The Kier molecular flexibility index (Phi) is 4.40. The fourth-order valence-corrected chi connectivity index (χ4v) is 3.45. The summed E-state index contributed by atoms with van der Waals surface area (Å²) in [7, 11) is 0. The molecule has 0 fully saturated rings. The van der Waals surface area contributed by atoms with E-state index >= 15 is 0 Å². The molecule has 5 aromatic rings. The highest BCUT2D eigenvalue weighted by Crippen LogP contribution is 2.23. The van der Waals surface area contributed by atoms with Crippen molar-refractivity contribution in [2.24, 2.45) is 0 Å². The zero-order valence-corrected chi connectivity index (χ0v) is 16.2. The third-order valence-corrected chi connectivity index (χ3v) is 4.99. The van der Waals surface area contributed by atoms with E-state index in [-0.39, 0.29) is 35.2 Å². The monoisotopic (exact) mass is 424 g/mol. The van der Waals surface area contributed by atoms with Crippen molar-refractivity contribution in [2.45, 2.75) is 13.1 Å². The van der Waals surface area contributed by atoms with Crippen LogP contribution in [0.1, 0.15) is 21.9 Å². The molecule has 5 rings (SSSR count). The summed E-state index contributed by atoms with van der Waals surface area (Å²) in [4.78, 5) is 23.4. The van der Waals surface area contributed by atoms with Crippen LogP contribution < -0.4 is 0 Å². The number of pyridine rings is 2. The average molecular weight is 425 g/mol. The van der Waals surface area contributed by atoms with Gasteiger partial charge in [-0.1, -0.05) is 22.9 Å². The van der Waals surface area contributed by atoms with Crippen LogP contribution in [-0.2, 0) is 13.1 Å². The minimum atomic E-state index is -0.590. The van der Waals surface area contributed by atoms with E-state index in [1.54, 1.807) is 6.20 Å². The summed E-state index contributed by atoms with van der Waals surface area (Å²) in [6.07, 6.45) is 8.20. The summed E-state index contributed by atoms with van der Waals surface area (Å²) < 4.78 is 18.0. The molecule has 0 aromatic carbocycles. The van der Waals surface area contributed by atoms with Crippen LogP contribution in [0.4, 0.5) is 4.39 Å². The number of carbonyl (C=O) groups is 1. The van der Waals surface area contributed by atoms with Crippen LogP contribution in [0.15, 0.2) is 55.4 Å². The van der Waals surface area contributed by atoms with Crippen molar-refractivity contribution in [1.29, 1.82) is 0 Å². The highest BCUT2D eigenvalue weighted by Gasteiger charge is 2.23. The number of H-pyrrole nitrogens is 1. The van der Waals surface area contributed by atoms with Gasteiger partial charge in [-0.25, -0.2) is 14.4 Å². The summed E-state index contributed by atoms with van der Waals surface area (Å²) in [6.45, 7) is 0.210. The number of carbonyl (C=O) groups excluding carboxylic acids is 1. The number of amides is 1. The number of aromatic nitrogens is 7. The molecule has 0 saturated carbocycles. The van der Waals surface area contributed by atoms with Crippen molar-refractivity contribution in [2.75, 3.05) is 0 Å². The zero-order valence-electron chi connectivity index (χ0n) is 15.4. The van der Waals surface area contributed by atoms with E-state index in [4.69, 9.17) is 11.6 Å². The number of rotatable bonds is 5. The molecular weight excluding hydrogens is 411 g/mol. The molecule has 5 aromatic heterocycles. The number of nitrogens with one attached hydrogen (secondary N) is 1. The smallest absolute Gasteiger partial charge is 0.276 e. The molecule has 0 saturated heterocycles. The molecule has 11 heteroatoms. The van der Waals surface area contributed by atoms with Crippen LogP contribution in [0.3, 0.4) is 0 Å². The maximum absolute atomic E-state index is 14.6. The first-order valence-corrected chi connectivity index (χ1v) is 9.36. The first-order valence-electron chi connectivity index (χ1n) is 8.98. The second-order valence-corrected chi connectivity index (χ2v) is 7.05. The number of hydrogen-bond acceptors (Lipinski definition) is 5. The molecule has 0 aliphatic carbocycles. The summed E-state index contributed by atoms with van der Waals surface area (Å²) in [5.74, 6) is -0.974. The number of hydrogen-bond donors (Lipinski definition) is 1. The molecule has 0 unspecified atom stereocenters. The van der Waals surface area contributed by atoms with Crippen molar-refractivity contribution in [1.82, 2.24) is 39.1 Å². The van der Waals surface area contributed by atoms with Crippen LogP contribution in [0.25, 0.3) is 11.2 Å². The van der Waals surface area contributed by atoms with Gasteiger partial charge in [0.15, 0.2) is 11.5 Å². The SMILES string of the molecule is O=C(c1c[nH]nn1)N(Cc1cn2ccccc2n1)Cc1ncn2ccc(Cl)c(F)c12. The molecule has 0 radical (unpaired) electrons. The molecule has 30 heavy (non-hydrogen) atoms. The molecule has 1 N–H and O–H groups in total. The lowest BCUT2D eigenvalue weighted by molar-refractivity contribution is 0.0720. The van der Waals surface area contributed by atoms with Gasteiger partial charge in [0.25, 0.3) is 5.91 Å². The summed E-state index contributed by atoms with van der Waals surface area (Å²) in [5.41, 5.74) is 2.15. The number of imidazole rings is 2. The predicted octanol–water partition coefficient (Wildman–Crippen LogP) is 2.74. The van der Waals surface area contributed by atoms with E-state index in [9.17, 15) is 9.18 Å². The fraction of sp³-hybridized carbons (Fsp3) is 0.105. The molecule has 5 heterocycles. The molecule has 0 aliphatic rings. The standard InChI is InChI=1S/C19H14ClFN8O/c20-13-4-6-28-11-22-15(18(28)17(13)21)10-29(19(30)14-7-23-26-25-14)9-12-8-27-5-2-1-3-16(27)24-12/h1-8,11H,9-10H2,(H,23,25,26). The molecule has 9 nitrogen and oxygen atoms in total. The molecule has 0 spiro atoms. The predicted molar refractivity (Wildman–Crippen MR) is 105 cm³/mol. The maximum Gasteiger partial charge on any atom is 0.276 e. The van der Waals surface area contributed by atoms with Gasteiger partial charge in [0.2, 0.25) is 0 Å². The molecule has 0 bridgehead atoms. The van der Waals surface area contributed by atoms with Crippen molar-refractivity contribution in [3.05, 3.63) is 83.3 Å². The number of aromatic amines is 1. The molecule has 0 aliphatic heterocycles. The minimum Gasteiger partial charge on any atom is -0.325 e. The Morgan fingerprint density at radius 3 is 2.90 bits per heavy atom. The number of nitrogens with zero attached hydrogens (tertiary/aromatic N) is 7. The lowest BCUT2D eigenvalue weighted by Crippen LogP contribution is -2.31. The van der Waals surface area contributed by atoms with E-state index in [1.165, 1.54) is 27.9 Å². The Morgan fingerprint density at radius 1 is 1.20 bits per heavy atom. The van der Waals surface area contributed by atoms with Gasteiger partial charge in [0.05, 0.1) is 42.0 Å². The highest BCUT2D eigenvalue weighted by molar-refractivity contribution is 6.31. The third-order valence-electron chi connectivity index (χ3n) is 4.70. The quantitative estimate of drug-likeness (QED) is 0.468. The van der Waals surface area contributed by atoms with Crippen LogP contribution in [0, 0.1) is 5.82 Å². The van der Waals surface area contributed by atoms with E-state index in [2.05, 4.69) is 25.4 Å². The second kappa shape index (κ2) is 7.23. The fourth-order valence-electron chi connectivity index (χ4n) is 3.31. The Bertz CT molecular complexity index is 1330. The largest absolute Gasteiger partial charge is 0.325 e. The van der Waals surface area contributed by atoms with Crippen molar-refractivity contribution < 1.29 is 9.18 Å². The Balaban J connectivity index is 1.53. The van der Waals surface area contributed by atoms with Crippen molar-refractivity contribution in [3.8, 4) is 0 Å². The van der Waals surface area contributed by atoms with Gasteiger partial charge in [-0.15, -0.1) is 5.10 Å². The van der Waals surface area contributed by atoms with Crippen LogP contribution >= 0.6 is 11.6 Å². The van der Waals surface area contributed by atoms with Gasteiger partial charge in [0.1, 0.15) is 11.2 Å². The van der Waals surface area contributed by atoms with Crippen LogP contribution in [0.5, 0.6) is 0 Å². The maximum atomic E-state index is 14.6. The van der Waals surface area contributed by atoms with Crippen molar-refractivity contribution >= 4 is 28.7 Å². The van der Waals surface area contributed by atoms with Gasteiger partial charge < -0.3 is 13.7 Å². The Morgan fingerprint density at radius 2 is 2.10 bits per heavy atom. The molecular formula is C19H14ClFN8O. The number of fused-ring (bicyclic) bond motifs is 2. The van der Waals surface area contributed by atoms with Crippen LogP contribution in [-0.4, -0.2) is 45.0 Å². The highest BCUT2D eigenvalue weighted by atomic mass is 35.5. The number of halogens is 2.